The van der Waals surface area contributed by atoms with E-state index in [-0.39, 0.29) is 6.61 Å². The van der Waals surface area contributed by atoms with E-state index >= 15 is 0 Å². The molecule has 7 nitrogen and oxygen atoms in total. The summed E-state index contributed by atoms with van der Waals surface area (Å²) >= 11 is 3.38. The first-order valence-electron chi connectivity index (χ1n) is 9.62. The van der Waals surface area contributed by atoms with Crippen LogP contribution in [-0.4, -0.2) is 31.8 Å². The van der Waals surface area contributed by atoms with Crippen LogP contribution in [0.5, 0.6) is 17.2 Å². The Morgan fingerprint density at radius 3 is 2.38 bits per heavy atom. The molecule has 8 heteroatoms. The summed E-state index contributed by atoms with van der Waals surface area (Å²) in [5, 5.41) is 3.94. The molecule has 0 fully saturated rings. The van der Waals surface area contributed by atoms with Crippen molar-refractivity contribution >= 4 is 34.0 Å². The average molecular weight is 497 g/mol. The van der Waals surface area contributed by atoms with Crippen LogP contribution in [0.3, 0.4) is 0 Å². The number of esters is 1. The number of halogens is 1. The largest absolute Gasteiger partial charge is 0.497 e. The molecule has 0 heterocycles. The molecule has 1 amide bonds. The van der Waals surface area contributed by atoms with Crippen molar-refractivity contribution in [3.63, 3.8) is 0 Å². The maximum Gasteiger partial charge on any atom is 0.343 e. The zero-order valence-corrected chi connectivity index (χ0v) is 19.1. The van der Waals surface area contributed by atoms with Gasteiger partial charge < -0.3 is 14.2 Å². The molecule has 0 atom stereocenters. The number of rotatable bonds is 8. The first-order valence-corrected chi connectivity index (χ1v) is 10.4. The number of carbonyl (C=O) groups is 2. The SMILES string of the molecule is COc1ccc(OCC(=O)NN=Cc2cc(Br)ccc2OC(=O)c2ccc(C)cc2)cc1. The Kier molecular flexibility index (Phi) is 7.99. The first kappa shape index (κ1) is 23.0. The Bertz CT molecular complexity index is 1110. The number of carbonyl (C=O) groups excluding carboxylic acids is 2. The van der Waals surface area contributed by atoms with Gasteiger partial charge in [0.25, 0.3) is 5.91 Å². The second-order valence-corrected chi connectivity index (χ2v) is 7.61. The van der Waals surface area contributed by atoms with Crippen molar-refractivity contribution in [1.82, 2.24) is 5.43 Å². The summed E-state index contributed by atoms with van der Waals surface area (Å²) in [6.45, 7) is 1.73. The molecular formula is C24H21BrN2O5. The zero-order chi connectivity index (χ0) is 22.9. The number of amides is 1. The van der Waals surface area contributed by atoms with E-state index in [1.807, 2.05) is 19.1 Å². The van der Waals surface area contributed by atoms with Crippen LogP contribution in [0.25, 0.3) is 0 Å². The van der Waals surface area contributed by atoms with Crippen molar-refractivity contribution in [3.05, 3.63) is 87.9 Å². The highest BCUT2D eigenvalue weighted by atomic mass is 79.9. The number of nitrogens with one attached hydrogen (secondary N) is 1. The molecule has 0 aliphatic rings. The number of hydrogen-bond acceptors (Lipinski definition) is 6. The second-order valence-electron chi connectivity index (χ2n) is 6.70. The summed E-state index contributed by atoms with van der Waals surface area (Å²) in [5.74, 6) is 0.608. The molecule has 3 rings (SSSR count). The van der Waals surface area contributed by atoms with Crippen LogP contribution in [0, 0.1) is 6.92 Å². The summed E-state index contributed by atoms with van der Waals surface area (Å²) in [7, 11) is 1.57. The molecule has 0 saturated heterocycles. The van der Waals surface area contributed by atoms with E-state index in [1.165, 1.54) is 6.21 Å². The third-order valence-corrected chi connectivity index (χ3v) is 4.78. The molecule has 0 bridgehead atoms. The molecule has 0 radical (unpaired) electrons. The van der Waals surface area contributed by atoms with E-state index < -0.39 is 11.9 Å². The Morgan fingerprint density at radius 2 is 1.69 bits per heavy atom. The first-order chi connectivity index (χ1) is 15.4. The van der Waals surface area contributed by atoms with Crippen LogP contribution in [0.15, 0.2) is 76.3 Å². The molecular weight excluding hydrogens is 476 g/mol. The van der Waals surface area contributed by atoms with Gasteiger partial charge >= 0.3 is 5.97 Å². The van der Waals surface area contributed by atoms with E-state index in [4.69, 9.17) is 14.2 Å². The van der Waals surface area contributed by atoms with Crippen molar-refractivity contribution in [2.75, 3.05) is 13.7 Å². The minimum Gasteiger partial charge on any atom is -0.497 e. The lowest BCUT2D eigenvalue weighted by Crippen LogP contribution is -2.24. The van der Waals surface area contributed by atoms with Crippen LogP contribution >= 0.6 is 15.9 Å². The Hall–Kier alpha value is -3.65. The summed E-state index contributed by atoms with van der Waals surface area (Å²) in [5.41, 5.74) is 4.38. The predicted octanol–water partition coefficient (Wildman–Crippen LogP) is 4.51. The van der Waals surface area contributed by atoms with E-state index in [0.29, 0.717) is 28.4 Å². The zero-order valence-electron chi connectivity index (χ0n) is 17.5. The summed E-state index contributed by atoms with van der Waals surface area (Å²) in [6.07, 6.45) is 1.40. The molecule has 32 heavy (non-hydrogen) atoms. The molecule has 0 aliphatic heterocycles. The third kappa shape index (κ3) is 6.68. The Balaban J connectivity index is 1.59. The quantitative estimate of drug-likeness (QED) is 0.214. The second kappa shape index (κ2) is 11.1. The van der Waals surface area contributed by atoms with Crippen LogP contribution in [0.4, 0.5) is 0 Å². The van der Waals surface area contributed by atoms with E-state index in [9.17, 15) is 9.59 Å². The van der Waals surface area contributed by atoms with E-state index in [1.54, 1.807) is 61.7 Å². The maximum atomic E-state index is 12.4. The predicted molar refractivity (Wildman–Crippen MR) is 125 cm³/mol. The number of hydrogen-bond donors (Lipinski definition) is 1. The number of benzene rings is 3. The van der Waals surface area contributed by atoms with Gasteiger partial charge in [-0.3, -0.25) is 4.79 Å². The number of nitrogens with zero attached hydrogens (tertiary/aromatic N) is 1. The minimum absolute atomic E-state index is 0.211. The highest BCUT2D eigenvalue weighted by Gasteiger charge is 2.11. The lowest BCUT2D eigenvalue weighted by Gasteiger charge is -2.08. The fourth-order valence-electron chi connectivity index (χ4n) is 2.59. The van der Waals surface area contributed by atoms with Gasteiger partial charge in [-0.25, -0.2) is 10.2 Å². The topological polar surface area (TPSA) is 86.2 Å². The van der Waals surface area contributed by atoms with Gasteiger partial charge in [-0.2, -0.15) is 5.10 Å². The van der Waals surface area contributed by atoms with Crippen molar-refractivity contribution in [1.29, 1.82) is 0 Å². The molecule has 1 N–H and O–H groups in total. The van der Waals surface area contributed by atoms with Gasteiger partial charge in [-0.1, -0.05) is 33.6 Å². The van der Waals surface area contributed by atoms with Gasteiger partial charge in [0.1, 0.15) is 17.2 Å². The number of ether oxygens (including phenoxy) is 3. The highest BCUT2D eigenvalue weighted by Crippen LogP contribution is 2.23. The standard InChI is InChI=1S/C24H21BrN2O5/c1-16-3-5-17(6-4-16)24(29)32-22-12-7-19(25)13-18(22)14-26-27-23(28)15-31-21-10-8-20(30-2)9-11-21/h3-14H,15H2,1-2H3,(H,27,28). The van der Waals surface area contributed by atoms with Crippen molar-refractivity contribution in [2.45, 2.75) is 6.92 Å². The molecule has 3 aromatic rings. The lowest BCUT2D eigenvalue weighted by atomic mass is 10.1. The smallest absolute Gasteiger partial charge is 0.343 e. The van der Waals surface area contributed by atoms with Crippen LogP contribution in [0.1, 0.15) is 21.5 Å². The van der Waals surface area contributed by atoms with Crippen LogP contribution < -0.4 is 19.6 Å². The monoisotopic (exact) mass is 496 g/mol. The average Bonchev–Trinajstić information content (AvgIpc) is 2.80. The van der Waals surface area contributed by atoms with E-state index in [0.717, 1.165) is 10.0 Å². The number of methoxy groups -OCH3 is 1. The lowest BCUT2D eigenvalue weighted by molar-refractivity contribution is -0.123. The molecule has 0 spiro atoms. The fraction of sp³-hybridized carbons (Fsp3) is 0.125. The Labute approximate surface area is 194 Å². The van der Waals surface area contributed by atoms with Crippen LogP contribution in [0.2, 0.25) is 0 Å². The Morgan fingerprint density at radius 1 is 1.00 bits per heavy atom. The summed E-state index contributed by atoms with van der Waals surface area (Å²) in [6, 6.07) is 19.1. The minimum atomic E-state index is -0.487. The van der Waals surface area contributed by atoms with Crippen molar-refractivity contribution in [2.24, 2.45) is 5.10 Å². The normalized spacial score (nSPS) is 10.6. The molecule has 0 aliphatic carbocycles. The molecule has 0 unspecified atom stereocenters. The number of hydrazone groups is 1. The highest BCUT2D eigenvalue weighted by molar-refractivity contribution is 9.10. The van der Waals surface area contributed by atoms with Gasteiger partial charge in [0, 0.05) is 10.0 Å². The van der Waals surface area contributed by atoms with Crippen LogP contribution in [-0.2, 0) is 4.79 Å². The van der Waals surface area contributed by atoms with Gasteiger partial charge in [-0.15, -0.1) is 0 Å². The molecule has 164 valence electrons. The summed E-state index contributed by atoms with van der Waals surface area (Å²) < 4.78 is 16.8. The van der Waals surface area contributed by atoms with Crippen molar-refractivity contribution in [3.8, 4) is 17.2 Å². The van der Waals surface area contributed by atoms with Crippen molar-refractivity contribution < 1.29 is 23.8 Å². The van der Waals surface area contributed by atoms with Gasteiger partial charge in [-0.05, 0) is 61.5 Å². The molecule has 0 aromatic heterocycles. The summed E-state index contributed by atoms with van der Waals surface area (Å²) in [4.78, 5) is 24.4. The van der Waals surface area contributed by atoms with Gasteiger partial charge in [0.05, 0.1) is 18.9 Å². The van der Waals surface area contributed by atoms with E-state index in [2.05, 4.69) is 26.5 Å². The van der Waals surface area contributed by atoms with Gasteiger partial charge in [0.15, 0.2) is 6.61 Å². The van der Waals surface area contributed by atoms with Gasteiger partial charge in [0.2, 0.25) is 0 Å². The molecule has 3 aromatic carbocycles. The maximum absolute atomic E-state index is 12.4. The number of aryl methyl sites for hydroxylation is 1. The molecule has 0 saturated carbocycles. The third-order valence-electron chi connectivity index (χ3n) is 4.28. The fourth-order valence-corrected chi connectivity index (χ4v) is 2.97.